The number of amides is 2. The summed E-state index contributed by atoms with van der Waals surface area (Å²) in [6.45, 7) is 4.00. The Labute approximate surface area is 186 Å². The SMILES string of the molecule is COc1ccc(/C=C2/N=C(SCC(=O)NC3CC3)N(c3cc(C)cc(C)c3)C2=O)cc1. The second-order valence-corrected chi connectivity index (χ2v) is 8.76. The molecule has 0 aromatic heterocycles. The molecule has 1 aliphatic heterocycles. The molecular weight excluding hydrogens is 410 g/mol. The number of carbonyl (C=O) groups is 2. The smallest absolute Gasteiger partial charge is 0.283 e. The van der Waals surface area contributed by atoms with E-state index in [1.54, 1.807) is 18.1 Å². The number of aryl methyl sites for hydroxylation is 2. The molecule has 2 aliphatic rings. The number of aliphatic imine (C=N–C) groups is 1. The largest absolute Gasteiger partial charge is 0.497 e. The van der Waals surface area contributed by atoms with Crippen molar-refractivity contribution in [3.05, 3.63) is 64.9 Å². The Morgan fingerprint density at radius 2 is 1.87 bits per heavy atom. The maximum Gasteiger partial charge on any atom is 0.283 e. The number of hydrogen-bond donors (Lipinski definition) is 1. The Morgan fingerprint density at radius 1 is 1.19 bits per heavy atom. The quantitative estimate of drug-likeness (QED) is 0.695. The van der Waals surface area contributed by atoms with Gasteiger partial charge in [0.05, 0.1) is 18.6 Å². The lowest BCUT2D eigenvalue weighted by atomic mass is 10.1. The first-order chi connectivity index (χ1) is 14.9. The minimum absolute atomic E-state index is 0.0318. The number of methoxy groups -OCH3 is 1. The molecule has 1 aliphatic carbocycles. The number of rotatable bonds is 6. The second-order valence-electron chi connectivity index (χ2n) is 7.81. The molecule has 2 aromatic carbocycles. The summed E-state index contributed by atoms with van der Waals surface area (Å²) in [6.07, 6.45) is 3.84. The topological polar surface area (TPSA) is 71.0 Å². The van der Waals surface area contributed by atoms with E-state index >= 15 is 0 Å². The fourth-order valence-electron chi connectivity index (χ4n) is 3.39. The molecule has 4 rings (SSSR count). The maximum absolute atomic E-state index is 13.3. The number of thioether (sulfide) groups is 1. The molecule has 0 spiro atoms. The minimum atomic E-state index is -0.203. The molecule has 0 radical (unpaired) electrons. The lowest BCUT2D eigenvalue weighted by molar-refractivity contribution is -0.118. The van der Waals surface area contributed by atoms with Crippen LogP contribution >= 0.6 is 11.8 Å². The molecule has 160 valence electrons. The van der Waals surface area contributed by atoms with E-state index in [2.05, 4.69) is 16.4 Å². The molecule has 0 atom stereocenters. The number of amidine groups is 1. The predicted octanol–water partition coefficient (Wildman–Crippen LogP) is 4.07. The second kappa shape index (κ2) is 8.98. The lowest BCUT2D eigenvalue weighted by Crippen LogP contribution is -2.33. The Morgan fingerprint density at radius 3 is 2.48 bits per heavy atom. The van der Waals surface area contributed by atoms with Gasteiger partial charge < -0.3 is 10.1 Å². The van der Waals surface area contributed by atoms with Crippen LogP contribution in [0.3, 0.4) is 0 Å². The van der Waals surface area contributed by atoms with Crippen molar-refractivity contribution in [1.29, 1.82) is 0 Å². The summed E-state index contributed by atoms with van der Waals surface area (Å²) in [4.78, 5) is 31.7. The van der Waals surface area contributed by atoms with E-state index < -0.39 is 0 Å². The van der Waals surface area contributed by atoms with Gasteiger partial charge in [0.25, 0.3) is 5.91 Å². The number of ether oxygens (including phenoxy) is 1. The molecule has 0 saturated heterocycles. The van der Waals surface area contributed by atoms with Gasteiger partial charge in [-0.2, -0.15) is 0 Å². The van der Waals surface area contributed by atoms with Gasteiger partial charge >= 0.3 is 0 Å². The summed E-state index contributed by atoms with van der Waals surface area (Å²) in [5.74, 6) is 0.736. The zero-order chi connectivity index (χ0) is 22.0. The molecule has 1 N–H and O–H groups in total. The molecular formula is C24H25N3O3S. The normalized spacial score (nSPS) is 17.1. The summed E-state index contributed by atoms with van der Waals surface area (Å²) in [7, 11) is 1.61. The highest BCUT2D eigenvalue weighted by Gasteiger charge is 2.33. The van der Waals surface area contributed by atoms with Crippen LogP contribution in [0.15, 0.2) is 53.2 Å². The van der Waals surface area contributed by atoms with Gasteiger partial charge in [-0.25, -0.2) is 4.99 Å². The fraction of sp³-hybridized carbons (Fsp3) is 0.292. The van der Waals surface area contributed by atoms with Gasteiger partial charge in [-0.15, -0.1) is 0 Å². The molecule has 1 heterocycles. The summed E-state index contributed by atoms with van der Waals surface area (Å²) >= 11 is 1.28. The molecule has 2 amide bonds. The van der Waals surface area contributed by atoms with E-state index in [1.807, 2.05) is 50.2 Å². The van der Waals surface area contributed by atoms with Gasteiger partial charge in [0, 0.05) is 6.04 Å². The first-order valence-electron chi connectivity index (χ1n) is 10.2. The number of anilines is 1. The van der Waals surface area contributed by atoms with Crippen LogP contribution in [-0.4, -0.2) is 35.9 Å². The van der Waals surface area contributed by atoms with Crippen LogP contribution in [0.1, 0.15) is 29.5 Å². The molecule has 0 bridgehead atoms. The third-order valence-corrected chi connectivity index (χ3v) is 5.93. The Hall–Kier alpha value is -3.06. The maximum atomic E-state index is 13.3. The van der Waals surface area contributed by atoms with Crippen LogP contribution < -0.4 is 15.0 Å². The number of nitrogens with zero attached hydrogens (tertiary/aromatic N) is 2. The molecule has 31 heavy (non-hydrogen) atoms. The van der Waals surface area contributed by atoms with Gasteiger partial charge in [-0.05, 0) is 73.7 Å². The highest BCUT2D eigenvalue weighted by atomic mass is 32.2. The summed E-state index contributed by atoms with van der Waals surface area (Å²) in [5, 5.41) is 3.49. The van der Waals surface area contributed by atoms with E-state index in [1.165, 1.54) is 11.8 Å². The van der Waals surface area contributed by atoms with Crippen LogP contribution in [0.2, 0.25) is 0 Å². The van der Waals surface area contributed by atoms with Crippen LogP contribution in [-0.2, 0) is 9.59 Å². The predicted molar refractivity (Wildman–Crippen MR) is 125 cm³/mol. The van der Waals surface area contributed by atoms with Gasteiger partial charge in [-0.3, -0.25) is 14.5 Å². The Kier molecular flexibility index (Phi) is 6.13. The van der Waals surface area contributed by atoms with E-state index in [-0.39, 0.29) is 17.6 Å². The van der Waals surface area contributed by atoms with Crippen LogP contribution in [0.25, 0.3) is 6.08 Å². The third-order valence-electron chi connectivity index (χ3n) is 4.99. The minimum Gasteiger partial charge on any atom is -0.497 e. The fourth-order valence-corrected chi connectivity index (χ4v) is 4.21. The third kappa shape index (κ3) is 5.17. The zero-order valence-corrected chi connectivity index (χ0v) is 18.7. The van der Waals surface area contributed by atoms with Crippen molar-refractivity contribution in [1.82, 2.24) is 5.32 Å². The van der Waals surface area contributed by atoms with E-state index in [0.717, 1.165) is 41.0 Å². The highest BCUT2D eigenvalue weighted by Crippen LogP contribution is 2.31. The van der Waals surface area contributed by atoms with Crippen molar-refractivity contribution >= 4 is 40.5 Å². The van der Waals surface area contributed by atoms with E-state index in [9.17, 15) is 9.59 Å². The van der Waals surface area contributed by atoms with Gasteiger partial charge in [-0.1, -0.05) is 30.0 Å². The monoisotopic (exact) mass is 435 g/mol. The number of nitrogens with one attached hydrogen (secondary N) is 1. The average Bonchev–Trinajstić information content (AvgIpc) is 3.49. The molecule has 6 nitrogen and oxygen atoms in total. The van der Waals surface area contributed by atoms with Gasteiger partial charge in [0.15, 0.2) is 5.17 Å². The molecule has 7 heteroatoms. The average molecular weight is 436 g/mol. The lowest BCUT2D eigenvalue weighted by Gasteiger charge is -2.19. The van der Waals surface area contributed by atoms with Crippen molar-refractivity contribution in [3.63, 3.8) is 0 Å². The van der Waals surface area contributed by atoms with Gasteiger partial charge in [0.2, 0.25) is 5.91 Å². The Bertz CT molecular complexity index is 1050. The van der Waals surface area contributed by atoms with Crippen molar-refractivity contribution in [2.24, 2.45) is 4.99 Å². The molecule has 1 fully saturated rings. The van der Waals surface area contributed by atoms with Gasteiger partial charge in [0.1, 0.15) is 11.4 Å². The number of hydrogen-bond acceptors (Lipinski definition) is 5. The first kappa shape index (κ1) is 21.2. The molecule has 2 aromatic rings. The van der Waals surface area contributed by atoms with Crippen molar-refractivity contribution in [2.75, 3.05) is 17.8 Å². The highest BCUT2D eigenvalue weighted by molar-refractivity contribution is 8.14. The number of benzene rings is 2. The molecule has 1 saturated carbocycles. The van der Waals surface area contributed by atoms with Crippen molar-refractivity contribution < 1.29 is 14.3 Å². The zero-order valence-electron chi connectivity index (χ0n) is 17.8. The van der Waals surface area contributed by atoms with E-state index in [4.69, 9.17) is 4.74 Å². The Balaban J connectivity index is 1.62. The summed E-state index contributed by atoms with van der Waals surface area (Å²) in [5.41, 5.74) is 4.08. The standard InChI is InChI=1S/C24H25N3O3S/c1-15-10-16(2)12-19(11-15)27-23(29)21(13-17-4-8-20(30-3)9-5-17)26-24(27)31-14-22(28)25-18-6-7-18/h4-5,8-13,18H,6-7,14H2,1-3H3,(H,25,28)/b21-13+. The summed E-state index contributed by atoms with van der Waals surface area (Å²) < 4.78 is 5.20. The van der Waals surface area contributed by atoms with Crippen LogP contribution in [0.4, 0.5) is 5.69 Å². The van der Waals surface area contributed by atoms with E-state index in [0.29, 0.717) is 16.9 Å². The molecule has 0 unspecified atom stereocenters. The van der Waals surface area contributed by atoms with Crippen molar-refractivity contribution in [3.8, 4) is 5.75 Å². The van der Waals surface area contributed by atoms with Crippen molar-refractivity contribution in [2.45, 2.75) is 32.7 Å². The summed E-state index contributed by atoms with van der Waals surface area (Å²) in [6, 6.07) is 13.7. The van der Waals surface area contributed by atoms with Crippen LogP contribution in [0, 0.1) is 13.8 Å². The van der Waals surface area contributed by atoms with Crippen LogP contribution in [0.5, 0.6) is 5.75 Å². The number of carbonyl (C=O) groups excluding carboxylic acids is 2. The first-order valence-corrected chi connectivity index (χ1v) is 11.2.